The van der Waals surface area contributed by atoms with Crippen LogP contribution in [0.25, 0.3) is 11.0 Å². The van der Waals surface area contributed by atoms with Crippen molar-refractivity contribution in [2.24, 2.45) is 0 Å². The highest BCUT2D eigenvalue weighted by atomic mass is 16.5. The van der Waals surface area contributed by atoms with E-state index < -0.39 is 0 Å². The number of fused-ring (bicyclic) bond motifs is 1. The van der Waals surface area contributed by atoms with Crippen LogP contribution in [0.2, 0.25) is 0 Å². The van der Waals surface area contributed by atoms with Gasteiger partial charge >= 0.3 is 0 Å². The fourth-order valence-corrected chi connectivity index (χ4v) is 3.10. The zero-order valence-electron chi connectivity index (χ0n) is 12.8. The summed E-state index contributed by atoms with van der Waals surface area (Å²) in [5.41, 5.74) is 2.42. The van der Waals surface area contributed by atoms with Crippen molar-refractivity contribution in [1.29, 1.82) is 0 Å². The topological polar surface area (TPSA) is 77.1 Å². The minimum absolute atomic E-state index is 0.00783. The Hall–Kier alpha value is -2.70. The molecule has 0 bridgehead atoms. The molecule has 1 atom stereocenters. The van der Waals surface area contributed by atoms with E-state index in [0.717, 1.165) is 41.9 Å². The summed E-state index contributed by atoms with van der Waals surface area (Å²) >= 11 is 0. The van der Waals surface area contributed by atoms with E-state index in [-0.39, 0.29) is 18.5 Å². The number of carbonyl (C=O) groups is 1. The summed E-state index contributed by atoms with van der Waals surface area (Å²) in [6.45, 7) is 2.73. The molecule has 7 heteroatoms. The quantitative estimate of drug-likeness (QED) is 0.740. The second-order valence-corrected chi connectivity index (χ2v) is 5.83. The molecule has 4 rings (SSSR count). The number of hydrogen-bond acceptors (Lipinski definition) is 5. The summed E-state index contributed by atoms with van der Waals surface area (Å²) in [6.07, 6.45) is 1.88. The van der Waals surface area contributed by atoms with E-state index in [9.17, 15) is 4.79 Å². The van der Waals surface area contributed by atoms with Gasteiger partial charge in [0, 0.05) is 12.6 Å². The third-order valence-electron chi connectivity index (χ3n) is 4.17. The molecule has 23 heavy (non-hydrogen) atoms. The van der Waals surface area contributed by atoms with E-state index in [1.54, 1.807) is 0 Å². The van der Waals surface area contributed by atoms with Gasteiger partial charge in [-0.05, 0) is 31.9 Å². The molecule has 7 nitrogen and oxygen atoms in total. The fourth-order valence-electron chi connectivity index (χ4n) is 3.10. The highest BCUT2D eigenvalue weighted by Gasteiger charge is 2.32. The van der Waals surface area contributed by atoms with Crippen molar-refractivity contribution < 1.29 is 9.32 Å². The summed E-state index contributed by atoms with van der Waals surface area (Å²) in [6, 6.07) is 9.49. The van der Waals surface area contributed by atoms with Gasteiger partial charge in [0.05, 0.1) is 6.04 Å². The lowest BCUT2D eigenvalue weighted by molar-refractivity contribution is -0.133. The van der Waals surface area contributed by atoms with Gasteiger partial charge in [-0.3, -0.25) is 4.79 Å². The maximum absolute atomic E-state index is 12.6. The van der Waals surface area contributed by atoms with E-state index in [4.69, 9.17) is 4.52 Å². The Balaban J connectivity index is 1.53. The van der Waals surface area contributed by atoms with Crippen molar-refractivity contribution >= 4 is 16.9 Å². The molecule has 1 fully saturated rings. The summed E-state index contributed by atoms with van der Waals surface area (Å²) in [5.74, 6) is 0.771. The molecule has 0 saturated carbocycles. The van der Waals surface area contributed by atoms with E-state index in [1.807, 2.05) is 42.2 Å². The molecule has 1 aliphatic rings. The Morgan fingerprint density at radius 1 is 1.30 bits per heavy atom. The monoisotopic (exact) mass is 311 g/mol. The lowest BCUT2D eigenvalue weighted by Gasteiger charge is -2.22. The number of benzene rings is 1. The molecule has 0 N–H and O–H groups in total. The third kappa shape index (κ3) is 2.58. The first kappa shape index (κ1) is 13.9. The summed E-state index contributed by atoms with van der Waals surface area (Å²) in [7, 11) is 0. The SMILES string of the molecule is Cc1cc([C@H]2CCCN2C(=O)Cn2nc3ccccc3n2)no1. The molecular weight excluding hydrogens is 294 g/mol. The molecule has 2 aromatic heterocycles. The first-order valence-electron chi connectivity index (χ1n) is 7.73. The number of aromatic nitrogens is 4. The molecule has 1 aliphatic heterocycles. The van der Waals surface area contributed by atoms with Crippen LogP contribution < -0.4 is 0 Å². The predicted octanol–water partition coefficient (Wildman–Crippen LogP) is 2.09. The number of likely N-dealkylation sites (tertiary alicyclic amines) is 1. The molecule has 1 amide bonds. The van der Waals surface area contributed by atoms with Crippen LogP contribution in [0.4, 0.5) is 0 Å². The second kappa shape index (κ2) is 5.49. The molecule has 0 aliphatic carbocycles. The van der Waals surface area contributed by atoms with Gasteiger partial charge in [0.1, 0.15) is 29.0 Å². The second-order valence-electron chi connectivity index (χ2n) is 5.83. The Bertz CT molecular complexity index is 820. The number of nitrogens with zero attached hydrogens (tertiary/aromatic N) is 5. The summed E-state index contributed by atoms with van der Waals surface area (Å²) in [5, 5.41) is 12.8. The Kier molecular flexibility index (Phi) is 3.33. The van der Waals surface area contributed by atoms with Gasteiger partial charge in [0.15, 0.2) is 0 Å². The molecule has 118 valence electrons. The molecule has 3 heterocycles. The average Bonchev–Trinajstić information content (AvgIpc) is 3.24. The maximum Gasteiger partial charge on any atom is 0.246 e. The number of amides is 1. The summed E-state index contributed by atoms with van der Waals surface area (Å²) in [4.78, 5) is 16.0. The highest BCUT2D eigenvalue weighted by molar-refractivity contribution is 5.77. The standard InChI is InChI=1S/C16H17N5O2/c1-11-9-14(19-23-11)15-7-4-8-20(15)16(22)10-21-17-12-5-2-3-6-13(12)18-21/h2-3,5-6,9,15H,4,7-8,10H2,1H3/t15-/m1/s1. The van der Waals surface area contributed by atoms with Crippen molar-refractivity contribution in [3.8, 4) is 0 Å². The van der Waals surface area contributed by atoms with Crippen molar-refractivity contribution in [1.82, 2.24) is 25.1 Å². The molecule has 0 spiro atoms. The number of carbonyl (C=O) groups excluding carboxylic acids is 1. The molecule has 1 saturated heterocycles. The van der Waals surface area contributed by atoms with Crippen LogP contribution in [0.1, 0.15) is 30.3 Å². The molecule has 0 unspecified atom stereocenters. The molecule has 1 aromatic carbocycles. The fraction of sp³-hybridized carbons (Fsp3) is 0.375. The largest absolute Gasteiger partial charge is 0.361 e. The van der Waals surface area contributed by atoms with Gasteiger partial charge in [-0.15, -0.1) is 0 Å². The van der Waals surface area contributed by atoms with Crippen LogP contribution in [0.3, 0.4) is 0 Å². The van der Waals surface area contributed by atoms with E-state index >= 15 is 0 Å². The zero-order chi connectivity index (χ0) is 15.8. The number of aryl methyl sites for hydroxylation is 1. The number of hydrogen-bond donors (Lipinski definition) is 0. The lowest BCUT2D eigenvalue weighted by atomic mass is 10.1. The first-order valence-corrected chi connectivity index (χ1v) is 7.73. The smallest absolute Gasteiger partial charge is 0.246 e. The minimum atomic E-state index is -0.00933. The predicted molar refractivity (Wildman–Crippen MR) is 82.5 cm³/mol. The van der Waals surface area contributed by atoms with Crippen molar-refractivity contribution in [2.45, 2.75) is 32.4 Å². The van der Waals surface area contributed by atoms with Gasteiger partial charge in [0.2, 0.25) is 5.91 Å². The van der Waals surface area contributed by atoms with Crippen molar-refractivity contribution in [3.63, 3.8) is 0 Å². The van der Waals surface area contributed by atoms with Gasteiger partial charge < -0.3 is 9.42 Å². The Morgan fingerprint density at radius 2 is 2.04 bits per heavy atom. The highest BCUT2D eigenvalue weighted by Crippen LogP contribution is 2.31. The van der Waals surface area contributed by atoms with Crippen LogP contribution in [-0.4, -0.2) is 37.5 Å². The van der Waals surface area contributed by atoms with Crippen molar-refractivity contribution in [2.75, 3.05) is 6.54 Å². The molecule has 0 radical (unpaired) electrons. The van der Waals surface area contributed by atoms with Crippen LogP contribution in [0.15, 0.2) is 34.9 Å². The van der Waals surface area contributed by atoms with Gasteiger partial charge in [0.25, 0.3) is 0 Å². The average molecular weight is 311 g/mol. The molecule has 3 aromatic rings. The van der Waals surface area contributed by atoms with E-state index in [2.05, 4.69) is 15.4 Å². The molecular formula is C16H17N5O2. The number of rotatable bonds is 3. The maximum atomic E-state index is 12.6. The first-order chi connectivity index (χ1) is 11.2. The van der Waals surface area contributed by atoms with Crippen LogP contribution >= 0.6 is 0 Å². The van der Waals surface area contributed by atoms with Gasteiger partial charge in [-0.2, -0.15) is 15.0 Å². The van der Waals surface area contributed by atoms with Crippen LogP contribution in [0, 0.1) is 6.92 Å². The third-order valence-corrected chi connectivity index (χ3v) is 4.17. The van der Waals surface area contributed by atoms with Crippen LogP contribution in [-0.2, 0) is 11.3 Å². The normalized spacial score (nSPS) is 18.0. The van der Waals surface area contributed by atoms with E-state index in [0.29, 0.717) is 0 Å². The minimum Gasteiger partial charge on any atom is -0.361 e. The van der Waals surface area contributed by atoms with Gasteiger partial charge in [-0.25, -0.2) is 0 Å². The zero-order valence-corrected chi connectivity index (χ0v) is 12.8. The Morgan fingerprint density at radius 3 is 2.70 bits per heavy atom. The van der Waals surface area contributed by atoms with Crippen molar-refractivity contribution in [3.05, 3.63) is 41.8 Å². The lowest BCUT2D eigenvalue weighted by Crippen LogP contribution is -2.34. The summed E-state index contributed by atoms with van der Waals surface area (Å²) < 4.78 is 5.15. The van der Waals surface area contributed by atoms with E-state index in [1.165, 1.54) is 4.80 Å². The van der Waals surface area contributed by atoms with Crippen LogP contribution in [0.5, 0.6) is 0 Å². The Labute approximate surface area is 132 Å². The van der Waals surface area contributed by atoms with Gasteiger partial charge in [-0.1, -0.05) is 17.3 Å².